The van der Waals surface area contributed by atoms with Crippen molar-refractivity contribution in [2.75, 3.05) is 33.5 Å². The van der Waals surface area contributed by atoms with Gasteiger partial charge in [-0.1, -0.05) is 0 Å². The standard InChI is InChI=1S/C14H20N2O2/c1-10-5-13-14(18-9-17-13)7-11(10)6-12-8-16(2)4-3-15-12/h5,7,12,15H,3-4,6,8-9H2,1-2H3. The Morgan fingerprint density at radius 1 is 1.33 bits per heavy atom. The van der Waals surface area contributed by atoms with E-state index >= 15 is 0 Å². The summed E-state index contributed by atoms with van der Waals surface area (Å²) in [4.78, 5) is 2.38. The van der Waals surface area contributed by atoms with Gasteiger partial charge in [-0.25, -0.2) is 0 Å². The van der Waals surface area contributed by atoms with E-state index in [9.17, 15) is 0 Å². The van der Waals surface area contributed by atoms with Gasteiger partial charge < -0.3 is 19.7 Å². The summed E-state index contributed by atoms with van der Waals surface area (Å²) < 4.78 is 10.8. The van der Waals surface area contributed by atoms with Gasteiger partial charge in [0.25, 0.3) is 0 Å². The number of piperazine rings is 1. The summed E-state index contributed by atoms with van der Waals surface area (Å²) in [5, 5.41) is 3.58. The van der Waals surface area contributed by atoms with E-state index in [1.54, 1.807) is 0 Å². The maximum Gasteiger partial charge on any atom is 0.231 e. The van der Waals surface area contributed by atoms with Gasteiger partial charge in [0.05, 0.1) is 0 Å². The molecule has 1 unspecified atom stereocenters. The molecule has 2 aliphatic rings. The van der Waals surface area contributed by atoms with Gasteiger partial charge in [0.15, 0.2) is 11.5 Å². The van der Waals surface area contributed by atoms with Gasteiger partial charge in [-0.15, -0.1) is 0 Å². The van der Waals surface area contributed by atoms with Crippen molar-refractivity contribution >= 4 is 0 Å². The second-order valence-corrected chi connectivity index (χ2v) is 5.25. The summed E-state index contributed by atoms with van der Waals surface area (Å²) in [6, 6.07) is 4.75. The minimum Gasteiger partial charge on any atom is -0.454 e. The lowest BCUT2D eigenvalue weighted by molar-refractivity contribution is 0.174. The molecule has 1 fully saturated rings. The molecule has 0 saturated carbocycles. The average Bonchev–Trinajstić information content (AvgIpc) is 2.76. The van der Waals surface area contributed by atoms with Crippen LogP contribution in [0.5, 0.6) is 11.5 Å². The van der Waals surface area contributed by atoms with Crippen molar-refractivity contribution in [3.63, 3.8) is 0 Å². The highest BCUT2D eigenvalue weighted by Crippen LogP contribution is 2.35. The van der Waals surface area contributed by atoms with Crippen molar-refractivity contribution in [2.24, 2.45) is 0 Å². The Morgan fingerprint density at radius 3 is 2.89 bits per heavy atom. The molecule has 98 valence electrons. The predicted octanol–water partition coefficient (Wildman–Crippen LogP) is 1.17. The largest absolute Gasteiger partial charge is 0.454 e. The van der Waals surface area contributed by atoms with Crippen LogP contribution in [0.3, 0.4) is 0 Å². The maximum absolute atomic E-state index is 5.45. The third-order valence-electron chi connectivity index (χ3n) is 3.76. The second-order valence-electron chi connectivity index (χ2n) is 5.25. The van der Waals surface area contributed by atoms with E-state index in [1.165, 1.54) is 11.1 Å². The van der Waals surface area contributed by atoms with E-state index in [0.29, 0.717) is 12.8 Å². The molecule has 1 N–H and O–H groups in total. The van der Waals surface area contributed by atoms with Crippen LogP contribution in [0.2, 0.25) is 0 Å². The van der Waals surface area contributed by atoms with E-state index in [1.807, 2.05) is 0 Å². The van der Waals surface area contributed by atoms with Crippen LogP contribution in [0.15, 0.2) is 12.1 Å². The van der Waals surface area contributed by atoms with Gasteiger partial charge >= 0.3 is 0 Å². The molecule has 0 radical (unpaired) electrons. The Kier molecular flexibility index (Phi) is 3.14. The number of fused-ring (bicyclic) bond motifs is 1. The average molecular weight is 248 g/mol. The third-order valence-corrected chi connectivity index (χ3v) is 3.76. The van der Waals surface area contributed by atoms with Crippen LogP contribution in [0, 0.1) is 6.92 Å². The van der Waals surface area contributed by atoms with Crippen LogP contribution in [-0.2, 0) is 6.42 Å². The monoisotopic (exact) mass is 248 g/mol. The first-order valence-corrected chi connectivity index (χ1v) is 6.53. The summed E-state index contributed by atoms with van der Waals surface area (Å²) in [6.45, 7) is 5.81. The van der Waals surface area contributed by atoms with Crippen LogP contribution >= 0.6 is 0 Å². The Hall–Kier alpha value is -1.26. The first-order chi connectivity index (χ1) is 8.72. The van der Waals surface area contributed by atoms with Gasteiger partial charge in [0, 0.05) is 25.7 Å². The summed E-state index contributed by atoms with van der Waals surface area (Å²) in [7, 11) is 2.18. The molecule has 1 aromatic carbocycles. The Labute approximate surface area is 108 Å². The minimum absolute atomic E-state index is 0.350. The third kappa shape index (κ3) is 2.31. The van der Waals surface area contributed by atoms with E-state index in [2.05, 4.69) is 36.3 Å². The number of likely N-dealkylation sites (N-methyl/N-ethyl adjacent to an activating group) is 1. The summed E-state index contributed by atoms with van der Waals surface area (Å²) in [5.74, 6) is 1.77. The highest BCUT2D eigenvalue weighted by molar-refractivity contribution is 5.48. The number of nitrogens with zero attached hydrogens (tertiary/aromatic N) is 1. The molecular formula is C14H20N2O2. The van der Waals surface area contributed by atoms with Gasteiger partial charge in [-0.2, -0.15) is 0 Å². The Bertz CT molecular complexity index is 448. The number of aryl methyl sites for hydroxylation is 1. The smallest absolute Gasteiger partial charge is 0.231 e. The van der Waals surface area contributed by atoms with Crippen LogP contribution in [0.25, 0.3) is 0 Å². The first-order valence-electron chi connectivity index (χ1n) is 6.53. The summed E-state index contributed by atoms with van der Waals surface area (Å²) >= 11 is 0. The molecule has 0 bridgehead atoms. The molecule has 0 aliphatic carbocycles. The molecule has 0 amide bonds. The van der Waals surface area contributed by atoms with E-state index in [0.717, 1.165) is 37.6 Å². The zero-order valence-electron chi connectivity index (χ0n) is 11.0. The molecule has 2 heterocycles. The quantitative estimate of drug-likeness (QED) is 0.852. The fraction of sp³-hybridized carbons (Fsp3) is 0.571. The molecular weight excluding hydrogens is 228 g/mol. The van der Waals surface area contributed by atoms with Gasteiger partial charge in [-0.3, -0.25) is 0 Å². The zero-order valence-corrected chi connectivity index (χ0v) is 11.0. The second kappa shape index (κ2) is 4.78. The fourth-order valence-electron chi connectivity index (χ4n) is 2.70. The lowest BCUT2D eigenvalue weighted by atomic mass is 9.99. The van der Waals surface area contributed by atoms with Crippen molar-refractivity contribution in [1.29, 1.82) is 0 Å². The van der Waals surface area contributed by atoms with Crippen LogP contribution in [0.1, 0.15) is 11.1 Å². The molecule has 0 aromatic heterocycles. The van der Waals surface area contributed by atoms with Gasteiger partial charge in [0.1, 0.15) is 0 Å². The molecule has 4 heteroatoms. The maximum atomic E-state index is 5.45. The van der Waals surface area contributed by atoms with E-state index in [4.69, 9.17) is 9.47 Å². The lowest BCUT2D eigenvalue weighted by Gasteiger charge is -2.31. The Morgan fingerprint density at radius 2 is 2.11 bits per heavy atom. The van der Waals surface area contributed by atoms with Gasteiger partial charge in [-0.05, 0) is 43.7 Å². The van der Waals surface area contributed by atoms with Crippen LogP contribution in [0.4, 0.5) is 0 Å². The predicted molar refractivity (Wildman–Crippen MR) is 70.3 cm³/mol. The topological polar surface area (TPSA) is 33.7 Å². The van der Waals surface area contributed by atoms with E-state index in [-0.39, 0.29) is 0 Å². The fourth-order valence-corrected chi connectivity index (χ4v) is 2.70. The molecule has 4 nitrogen and oxygen atoms in total. The minimum atomic E-state index is 0.350. The van der Waals surface area contributed by atoms with Crippen molar-refractivity contribution in [3.05, 3.63) is 23.3 Å². The number of hydrogen-bond donors (Lipinski definition) is 1. The molecule has 1 aromatic rings. The van der Waals surface area contributed by atoms with Crippen molar-refractivity contribution < 1.29 is 9.47 Å². The lowest BCUT2D eigenvalue weighted by Crippen LogP contribution is -2.50. The molecule has 2 aliphatic heterocycles. The first kappa shape index (κ1) is 11.8. The molecule has 1 saturated heterocycles. The zero-order chi connectivity index (χ0) is 12.5. The van der Waals surface area contributed by atoms with Crippen molar-refractivity contribution in [3.8, 4) is 11.5 Å². The number of hydrogen-bond acceptors (Lipinski definition) is 4. The normalized spacial score (nSPS) is 23.3. The number of nitrogens with one attached hydrogen (secondary N) is 1. The van der Waals surface area contributed by atoms with Crippen LogP contribution in [-0.4, -0.2) is 44.4 Å². The molecule has 3 rings (SSSR count). The van der Waals surface area contributed by atoms with Crippen molar-refractivity contribution in [2.45, 2.75) is 19.4 Å². The number of benzene rings is 1. The summed E-state index contributed by atoms with van der Waals surface area (Å²) in [5.41, 5.74) is 2.64. The highest BCUT2D eigenvalue weighted by atomic mass is 16.7. The Balaban J connectivity index is 1.76. The van der Waals surface area contributed by atoms with Crippen LogP contribution < -0.4 is 14.8 Å². The highest BCUT2D eigenvalue weighted by Gasteiger charge is 2.20. The summed E-state index contributed by atoms with van der Waals surface area (Å²) in [6.07, 6.45) is 1.05. The van der Waals surface area contributed by atoms with E-state index < -0.39 is 0 Å². The molecule has 0 spiro atoms. The molecule has 1 atom stereocenters. The number of ether oxygens (including phenoxy) is 2. The van der Waals surface area contributed by atoms with Gasteiger partial charge in [0.2, 0.25) is 6.79 Å². The number of rotatable bonds is 2. The SMILES string of the molecule is Cc1cc2c(cc1CC1CN(C)CCN1)OCO2. The molecule has 18 heavy (non-hydrogen) atoms. The van der Waals surface area contributed by atoms with Crippen molar-refractivity contribution in [1.82, 2.24) is 10.2 Å².